The van der Waals surface area contributed by atoms with Crippen molar-refractivity contribution < 1.29 is 4.79 Å². The van der Waals surface area contributed by atoms with Gasteiger partial charge in [-0.1, -0.05) is 34.7 Å². The average Bonchev–Trinajstić information content (AvgIpc) is 2.86. The summed E-state index contributed by atoms with van der Waals surface area (Å²) in [5.41, 5.74) is 2.21. The van der Waals surface area contributed by atoms with Gasteiger partial charge in [-0.15, -0.1) is 10.2 Å². The van der Waals surface area contributed by atoms with Crippen molar-refractivity contribution in [2.45, 2.75) is 15.7 Å². The van der Waals surface area contributed by atoms with Crippen LogP contribution in [0.1, 0.15) is 6.42 Å². The minimum absolute atomic E-state index is 0.182. The van der Waals surface area contributed by atoms with Gasteiger partial charge in [0.05, 0.1) is 11.1 Å². The van der Waals surface area contributed by atoms with Crippen molar-refractivity contribution in [1.82, 2.24) is 10.2 Å². The van der Waals surface area contributed by atoms with Gasteiger partial charge in [-0.3, -0.25) is 4.79 Å². The number of aromatic nitrogens is 2. The molecule has 1 N–H and O–H groups in total. The van der Waals surface area contributed by atoms with Crippen molar-refractivity contribution in [3.8, 4) is 6.07 Å². The minimum Gasteiger partial charge on any atom is -0.325 e. The Bertz CT molecular complexity index is 624. The van der Waals surface area contributed by atoms with Crippen molar-refractivity contribution in [2.75, 3.05) is 5.32 Å². The van der Waals surface area contributed by atoms with Crippen LogP contribution in [0.4, 0.5) is 5.69 Å². The lowest BCUT2D eigenvalue weighted by Gasteiger charge is -2.06. The van der Waals surface area contributed by atoms with Crippen LogP contribution in [-0.2, 0) is 4.79 Å². The number of nitriles is 1. The highest BCUT2D eigenvalue weighted by atomic mass is 35.5. The number of hydrogen-bond donors (Lipinski definition) is 1. The van der Waals surface area contributed by atoms with Gasteiger partial charge in [-0.05, 0) is 18.2 Å². The Morgan fingerprint density at radius 1 is 1.58 bits per heavy atom. The van der Waals surface area contributed by atoms with E-state index in [2.05, 4.69) is 15.5 Å². The molecule has 0 aliphatic heterocycles. The fraction of sp³-hybridized carbons (Fsp3) is 0.0909. The maximum absolute atomic E-state index is 11.3. The van der Waals surface area contributed by atoms with Gasteiger partial charge in [0.25, 0.3) is 0 Å². The van der Waals surface area contributed by atoms with E-state index in [9.17, 15) is 4.79 Å². The molecule has 96 valence electrons. The smallest absolute Gasteiger partial charge is 0.238 e. The summed E-state index contributed by atoms with van der Waals surface area (Å²) in [6, 6.07) is 6.93. The second-order valence-electron chi connectivity index (χ2n) is 3.33. The summed E-state index contributed by atoms with van der Waals surface area (Å²) in [6.07, 6.45) is -0.182. The van der Waals surface area contributed by atoms with Crippen molar-refractivity contribution >= 4 is 46.3 Å². The molecule has 1 heterocycles. The normalized spacial score (nSPS) is 9.89. The van der Waals surface area contributed by atoms with Gasteiger partial charge >= 0.3 is 0 Å². The molecule has 1 aromatic heterocycles. The average molecular weight is 311 g/mol. The van der Waals surface area contributed by atoms with Gasteiger partial charge < -0.3 is 5.32 Å². The van der Waals surface area contributed by atoms with Crippen molar-refractivity contribution in [3.63, 3.8) is 0 Å². The molecule has 0 radical (unpaired) electrons. The van der Waals surface area contributed by atoms with E-state index < -0.39 is 0 Å². The topological polar surface area (TPSA) is 78.7 Å². The van der Waals surface area contributed by atoms with Crippen LogP contribution in [-0.4, -0.2) is 16.1 Å². The van der Waals surface area contributed by atoms with Gasteiger partial charge in [0.15, 0.2) is 4.34 Å². The van der Waals surface area contributed by atoms with E-state index in [1.54, 1.807) is 29.8 Å². The highest BCUT2D eigenvalue weighted by molar-refractivity contribution is 8.01. The van der Waals surface area contributed by atoms with E-state index in [1.165, 1.54) is 23.1 Å². The van der Waals surface area contributed by atoms with Gasteiger partial charge in [0, 0.05) is 10.6 Å². The first kappa shape index (κ1) is 13.8. The number of nitrogens with zero attached hydrogens (tertiary/aromatic N) is 3. The number of benzene rings is 1. The van der Waals surface area contributed by atoms with Crippen LogP contribution >= 0.6 is 34.7 Å². The zero-order valence-corrected chi connectivity index (χ0v) is 11.8. The number of rotatable bonds is 4. The first-order chi connectivity index (χ1) is 9.19. The first-order valence-electron chi connectivity index (χ1n) is 5.09. The molecule has 0 bridgehead atoms. The molecule has 0 spiro atoms. The number of halogens is 1. The van der Waals surface area contributed by atoms with Crippen LogP contribution in [0.25, 0.3) is 0 Å². The van der Waals surface area contributed by atoms with Gasteiger partial charge in [-0.2, -0.15) is 5.26 Å². The maximum atomic E-state index is 11.3. The molecule has 0 saturated heterocycles. The van der Waals surface area contributed by atoms with Crippen LogP contribution in [0.3, 0.4) is 0 Å². The highest BCUT2D eigenvalue weighted by Crippen LogP contribution is 2.35. The van der Waals surface area contributed by atoms with Crippen molar-refractivity contribution in [3.05, 3.63) is 28.7 Å². The molecule has 0 aliphatic rings. The second-order valence-corrected chi connectivity index (χ2v) is 5.86. The fourth-order valence-electron chi connectivity index (χ4n) is 1.24. The monoisotopic (exact) mass is 310 g/mol. The number of amides is 1. The quantitative estimate of drug-likeness (QED) is 0.938. The second kappa shape index (κ2) is 6.52. The molecule has 19 heavy (non-hydrogen) atoms. The summed E-state index contributed by atoms with van der Waals surface area (Å²) in [5.74, 6) is -0.358. The molecular formula is C11H7ClN4OS2. The number of nitrogens with one attached hydrogen (secondary N) is 1. The predicted molar refractivity (Wildman–Crippen MR) is 74.3 cm³/mol. The third-order valence-corrected chi connectivity index (χ3v) is 4.27. The summed E-state index contributed by atoms with van der Waals surface area (Å²) >= 11 is 8.96. The molecule has 5 nitrogen and oxygen atoms in total. The van der Waals surface area contributed by atoms with Crippen LogP contribution in [0.2, 0.25) is 5.02 Å². The largest absolute Gasteiger partial charge is 0.325 e. The standard InChI is InChI=1S/C11H7ClN4OS2/c12-8-5-7(15-10(17)3-4-13)1-2-9(8)19-11-16-14-6-18-11/h1-2,5-6H,3H2,(H,15,17). The molecule has 0 aliphatic carbocycles. The van der Waals surface area contributed by atoms with Crippen molar-refractivity contribution in [2.24, 2.45) is 0 Å². The Hall–Kier alpha value is -1.62. The zero-order chi connectivity index (χ0) is 13.7. The van der Waals surface area contributed by atoms with Crippen LogP contribution in [0.15, 0.2) is 32.9 Å². The summed E-state index contributed by atoms with van der Waals surface area (Å²) < 4.78 is 0.795. The summed E-state index contributed by atoms with van der Waals surface area (Å²) in [6.45, 7) is 0. The Morgan fingerprint density at radius 3 is 3.05 bits per heavy atom. The van der Waals surface area contributed by atoms with E-state index in [0.29, 0.717) is 10.7 Å². The molecule has 8 heteroatoms. The number of carbonyl (C=O) groups excluding carboxylic acids is 1. The molecule has 0 saturated carbocycles. The highest BCUT2D eigenvalue weighted by Gasteiger charge is 2.08. The molecule has 0 fully saturated rings. The maximum Gasteiger partial charge on any atom is 0.238 e. The van der Waals surface area contributed by atoms with E-state index >= 15 is 0 Å². The van der Waals surface area contributed by atoms with Crippen molar-refractivity contribution in [1.29, 1.82) is 5.26 Å². The van der Waals surface area contributed by atoms with Gasteiger partial charge in [0.1, 0.15) is 11.9 Å². The third-order valence-electron chi connectivity index (χ3n) is 1.99. The van der Waals surface area contributed by atoms with Gasteiger partial charge in [0.2, 0.25) is 5.91 Å². The molecule has 0 unspecified atom stereocenters. The van der Waals surface area contributed by atoms with E-state index in [4.69, 9.17) is 16.9 Å². The SMILES string of the molecule is N#CCC(=O)Nc1ccc(Sc2nncs2)c(Cl)c1. The lowest BCUT2D eigenvalue weighted by Crippen LogP contribution is -2.09. The number of anilines is 1. The molecule has 2 aromatic rings. The minimum atomic E-state index is -0.358. The lowest BCUT2D eigenvalue weighted by atomic mass is 10.3. The number of carbonyl (C=O) groups is 1. The summed E-state index contributed by atoms with van der Waals surface area (Å²) in [5, 5.41) is 19.2. The molecule has 1 amide bonds. The van der Waals surface area contributed by atoms with E-state index in [-0.39, 0.29) is 12.3 Å². The number of hydrogen-bond acceptors (Lipinski definition) is 6. The third kappa shape index (κ3) is 3.92. The predicted octanol–water partition coefficient (Wildman–Crippen LogP) is 3.19. The molecule has 1 aromatic carbocycles. The zero-order valence-electron chi connectivity index (χ0n) is 9.46. The lowest BCUT2D eigenvalue weighted by molar-refractivity contribution is -0.115. The van der Waals surface area contributed by atoms with Crippen LogP contribution in [0.5, 0.6) is 0 Å². The van der Waals surface area contributed by atoms with Crippen LogP contribution in [0, 0.1) is 11.3 Å². The Kier molecular flexibility index (Phi) is 4.74. The Morgan fingerprint density at radius 2 is 2.42 bits per heavy atom. The molecule has 0 atom stereocenters. The molecular weight excluding hydrogens is 304 g/mol. The first-order valence-corrected chi connectivity index (χ1v) is 7.17. The van der Waals surface area contributed by atoms with E-state index in [0.717, 1.165) is 9.24 Å². The van der Waals surface area contributed by atoms with E-state index in [1.807, 2.05) is 0 Å². The fourth-order valence-corrected chi connectivity index (χ4v) is 2.97. The molecule has 2 rings (SSSR count). The van der Waals surface area contributed by atoms with Crippen LogP contribution < -0.4 is 5.32 Å². The Balaban J connectivity index is 2.09. The summed E-state index contributed by atoms with van der Waals surface area (Å²) in [7, 11) is 0. The van der Waals surface area contributed by atoms with Gasteiger partial charge in [-0.25, -0.2) is 0 Å². The Labute approximate surface area is 122 Å². The summed E-state index contributed by atoms with van der Waals surface area (Å²) in [4.78, 5) is 12.1.